The van der Waals surface area contributed by atoms with Gasteiger partial charge in [0.25, 0.3) is 11.5 Å². The number of carbonyl (C=O) groups is 2. The SMILES string of the molecule is CC(C)(C)OC(=O)N1CCc2nc(NC(=O)c3ccc4c(=O)n(-c5ccccc5)c(=O)[nH]c4c3)sc2C1. The van der Waals surface area contributed by atoms with Gasteiger partial charge in [0.05, 0.1) is 28.8 Å². The third kappa shape index (κ3) is 5.03. The predicted molar refractivity (Wildman–Crippen MR) is 141 cm³/mol. The van der Waals surface area contributed by atoms with Crippen LogP contribution < -0.4 is 16.6 Å². The lowest BCUT2D eigenvalue weighted by molar-refractivity contribution is 0.0225. The average molecular weight is 520 g/mol. The summed E-state index contributed by atoms with van der Waals surface area (Å²) in [5, 5.41) is 3.48. The van der Waals surface area contributed by atoms with E-state index in [1.54, 1.807) is 35.2 Å². The van der Waals surface area contributed by atoms with Crippen LogP contribution in [0, 0.1) is 0 Å². The first-order chi connectivity index (χ1) is 17.6. The Balaban J connectivity index is 1.35. The third-order valence-electron chi connectivity index (χ3n) is 5.78. The topological polar surface area (TPSA) is 126 Å². The molecule has 3 heterocycles. The van der Waals surface area contributed by atoms with Gasteiger partial charge in [0.2, 0.25) is 0 Å². The van der Waals surface area contributed by atoms with Gasteiger partial charge in [0.1, 0.15) is 5.60 Å². The van der Waals surface area contributed by atoms with Crippen molar-refractivity contribution in [1.82, 2.24) is 19.4 Å². The second-order valence-corrected chi connectivity index (χ2v) is 10.7. The molecule has 0 saturated heterocycles. The molecule has 1 aliphatic heterocycles. The molecule has 0 bridgehead atoms. The van der Waals surface area contributed by atoms with Crippen LogP contribution in [0.15, 0.2) is 58.1 Å². The van der Waals surface area contributed by atoms with Crippen molar-refractivity contribution >= 4 is 39.4 Å². The fourth-order valence-electron chi connectivity index (χ4n) is 4.07. The van der Waals surface area contributed by atoms with Gasteiger partial charge in [-0.1, -0.05) is 29.5 Å². The summed E-state index contributed by atoms with van der Waals surface area (Å²) in [7, 11) is 0. The van der Waals surface area contributed by atoms with E-state index < -0.39 is 22.8 Å². The zero-order chi connectivity index (χ0) is 26.3. The molecule has 37 heavy (non-hydrogen) atoms. The molecule has 4 aromatic rings. The molecule has 2 aromatic carbocycles. The number of aromatic nitrogens is 3. The van der Waals surface area contributed by atoms with Gasteiger partial charge in [-0.2, -0.15) is 0 Å². The van der Waals surface area contributed by atoms with Crippen LogP contribution in [0.2, 0.25) is 0 Å². The number of nitrogens with one attached hydrogen (secondary N) is 2. The monoisotopic (exact) mass is 519 g/mol. The molecule has 0 fully saturated rings. The fourth-order valence-corrected chi connectivity index (χ4v) is 5.09. The average Bonchev–Trinajstić information content (AvgIpc) is 3.24. The lowest BCUT2D eigenvalue weighted by Crippen LogP contribution is -2.39. The van der Waals surface area contributed by atoms with Crippen LogP contribution >= 0.6 is 11.3 Å². The number of thiazole rings is 1. The molecule has 2 aromatic heterocycles. The highest BCUT2D eigenvalue weighted by atomic mass is 32.1. The lowest BCUT2D eigenvalue weighted by Gasteiger charge is -2.29. The largest absolute Gasteiger partial charge is 0.444 e. The van der Waals surface area contributed by atoms with Gasteiger partial charge in [0, 0.05) is 23.4 Å². The van der Waals surface area contributed by atoms with Crippen LogP contribution in [0.1, 0.15) is 41.7 Å². The molecule has 0 atom stereocenters. The van der Waals surface area contributed by atoms with Gasteiger partial charge in [-0.3, -0.25) is 14.9 Å². The molecule has 10 nitrogen and oxygen atoms in total. The van der Waals surface area contributed by atoms with Crippen molar-refractivity contribution in [2.45, 2.75) is 39.3 Å². The zero-order valence-corrected chi connectivity index (χ0v) is 21.3. The Hall–Kier alpha value is -4.25. The van der Waals surface area contributed by atoms with Crippen molar-refractivity contribution in [3.63, 3.8) is 0 Å². The van der Waals surface area contributed by atoms with Crippen molar-refractivity contribution < 1.29 is 14.3 Å². The smallest absolute Gasteiger partial charge is 0.410 e. The van der Waals surface area contributed by atoms with Crippen LogP contribution in [-0.4, -0.2) is 43.6 Å². The van der Waals surface area contributed by atoms with Crippen molar-refractivity contribution in [3.8, 4) is 5.69 Å². The van der Waals surface area contributed by atoms with E-state index in [-0.39, 0.29) is 22.6 Å². The quantitative estimate of drug-likeness (QED) is 0.425. The number of anilines is 1. The Morgan fingerprint density at radius 2 is 1.86 bits per heavy atom. The Labute approximate surface area is 215 Å². The van der Waals surface area contributed by atoms with Crippen molar-refractivity contribution in [2.24, 2.45) is 0 Å². The maximum atomic E-state index is 13.0. The number of rotatable bonds is 3. The summed E-state index contributed by atoms with van der Waals surface area (Å²) >= 11 is 1.30. The van der Waals surface area contributed by atoms with Gasteiger partial charge in [-0.15, -0.1) is 0 Å². The molecule has 0 radical (unpaired) electrons. The number of fused-ring (bicyclic) bond motifs is 2. The number of ether oxygens (including phenoxy) is 1. The summed E-state index contributed by atoms with van der Waals surface area (Å²) < 4.78 is 6.52. The summed E-state index contributed by atoms with van der Waals surface area (Å²) in [4.78, 5) is 60.7. The predicted octanol–water partition coefficient (Wildman–Crippen LogP) is 3.68. The van der Waals surface area contributed by atoms with Crippen LogP contribution in [0.4, 0.5) is 9.93 Å². The van der Waals surface area contributed by atoms with Crippen LogP contribution in [0.5, 0.6) is 0 Å². The van der Waals surface area contributed by atoms with E-state index in [9.17, 15) is 19.2 Å². The highest BCUT2D eigenvalue weighted by Gasteiger charge is 2.28. The summed E-state index contributed by atoms with van der Waals surface area (Å²) in [5.74, 6) is -0.426. The van der Waals surface area contributed by atoms with Gasteiger partial charge < -0.3 is 14.6 Å². The highest BCUT2D eigenvalue weighted by molar-refractivity contribution is 7.15. The van der Waals surface area contributed by atoms with Crippen LogP contribution in [0.3, 0.4) is 0 Å². The van der Waals surface area contributed by atoms with E-state index in [0.717, 1.165) is 15.1 Å². The summed E-state index contributed by atoms with van der Waals surface area (Å²) in [6.07, 6.45) is 0.180. The number of hydrogen-bond donors (Lipinski definition) is 2. The van der Waals surface area contributed by atoms with E-state index in [1.165, 1.54) is 29.5 Å². The molecule has 0 unspecified atom stereocenters. The van der Waals surface area contributed by atoms with Crippen LogP contribution in [-0.2, 0) is 17.7 Å². The number of hydrogen-bond acceptors (Lipinski definition) is 7. The van der Waals surface area contributed by atoms with E-state index in [2.05, 4.69) is 15.3 Å². The molecule has 0 spiro atoms. The second-order valence-electron chi connectivity index (χ2n) is 9.66. The van der Waals surface area contributed by atoms with E-state index in [4.69, 9.17) is 4.74 Å². The first kappa shape index (κ1) is 24.4. The number of benzene rings is 2. The summed E-state index contributed by atoms with van der Waals surface area (Å²) in [6, 6.07) is 13.1. The number of H-pyrrole nitrogens is 1. The number of aromatic amines is 1. The zero-order valence-electron chi connectivity index (χ0n) is 20.5. The molecule has 190 valence electrons. The third-order valence-corrected chi connectivity index (χ3v) is 6.78. The normalized spacial score (nSPS) is 13.3. The minimum atomic E-state index is -0.594. The van der Waals surface area contributed by atoms with Gasteiger partial charge >= 0.3 is 11.8 Å². The number of nitrogens with zero attached hydrogens (tertiary/aromatic N) is 3. The highest BCUT2D eigenvalue weighted by Crippen LogP contribution is 2.29. The summed E-state index contributed by atoms with van der Waals surface area (Å²) in [6.45, 7) is 6.31. The maximum Gasteiger partial charge on any atom is 0.410 e. The Kier molecular flexibility index (Phi) is 6.16. The van der Waals surface area contributed by atoms with Crippen molar-refractivity contribution in [1.29, 1.82) is 0 Å². The molecule has 2 amide bonds. The van der Waals surface area contributed by atoms with E-state index in [0.29, 0.717) is 30.3 Å². The molecular formula is C26H25N5O5S. The van der Waals surface area contributed by atoms with E-state index in [1.807, 2.05) is 20.8 Å². The fraction of sp³-hybridized carbons (Fsp3) is 0.269. The van der Waals surface area contributed by atoms with E-state index >= 15 is 0 Å². The van der Waals surface area contributed by atoms with Crippen molar-refractivity contribution in [3.05, 3.63) is 85.5 Å². The van der Waals surface area contributed by atoms with Crippen molar-refractivity contribution in [2.75, 3.05) is 11.9 Å². The van der Waals surface area contributed by atoms with Crippen LogP contribution in [0.25, 0.3) is 16.6 Å². The molecule has 11 heteroatoms. The summed E-state index contributed by atoms with van der Waals surface area (Å²) in [5.41, 5.74) is 0.176. The second kappa shape index (κ2) is 9.32. The molecule has 1 aliphatic rings. The first-order valence-electron chi connectivity index (χ1n) is 11.7. The molecule has 2 N–H and O–H groups in total. The molecule has 0 saturated carbocycles. The molecule has 0 aliphatic carbocycles. The Bertz CT molecular complexity index is 1630. The maximum absolute atomic E-state index is 13.0. The Morgan fingerprint density at radius 3 is 2.59 bits per heavy atom. The minimum absolute atomic E-state index is 0.265. The first-order valence-corrected chi connectivity index (χ1v) is 12.5. The Morgan fingerprint density at radius 1 is 1.11 bits per heavy atom. The van der Waals surface area contributed by atoms with Gasteiger partial charge in [0.15, 0.2) is 5.13 Å². The lowest BCUT2D eigenvalue weighted by atomic mass is 10.1. The minimum Gasteiger partial charge on any atom is -0.444 e. The molecule has 5 rings (SSSR count). The molecular weight excluding hydrogens is 494 g/mol. The van der Waals surface area contributed by atoms with Gasteiger partial charge in [-0.25, -0.2) is 19.1 Å². The van der Waals surface area contributed by atoms with Gasteiger partial charge in [-0.05, 0) is 51.1 Å². The number of carbonyl (C=O) groups excluding carboxylic acids is 2. The standard InChI is InChI=1S/C26H25N5O5S/c1-26(2,3)36-25(35)30-12-11-18-20(14-30)37-23(27-18)29-21(32)15-9-10-17-19(13-15)28-24(34)31(22(17)33)16-7-5-4-6-8-16/h4-10,13H,11-12,14H2,1-3H3,(H,28,34)(H,27,29,32). The number of para-hydroxylation sites is 1. The number of amides is 2.